The van der Waals surface area contributed by atoms with Crippen molar-refractivity contribution in [1.82, 2.24) is 0 Å². The lowest BCUT2D eigenvalue weighted by Gasteiger charge is -2.38. The number of carboxylic acids is 1. The fourth-order valence-corrected chi connectivity index (χ4v) is 4.04. The van der Waals surface area contributed by atoms with Gasteiger partial charge in [0.05, 0.1) is 17.2 Å². The van der Waals surface area contributed by atoms with E-state index in [9.17, 15) is 23.1 Å². The molecule has 2 N–H and O–H groups in total. The summed E-state index contributed by atoms with van der Waals surface area (Å²) >= 11 is 0. The monoisotopic (exact) mass is 359 g/mol. The molecule has 1 heterocycles. The summed E-state index contributed by atoms with van der Waals surface area (Å²) in [7, 11) is 0. The SMILES string of the molecule is O=C(O)c1ccccc1[C@@H]1Nc2ccc(C(F)(F)F)cc2[C@H]2C=CC[C@H]21. The first-order chi connectivity index (χ1) is 12.4. The Hall–Kier alpha value is -2.76. The van der Waals surface area contributed by atoms with Crippen molar-refractivity contribution < 1.29 is 23.1 Å². The van der Waals surface area contributed by atoms with Crippen LogP contribution in [0.3, 0.4) is 0 Å². The standard InChI is InChI=1S/C20H16F3NO2/c21-20(22,23)11-8-9-17-16(10-11)12-6-3-7-13(12)18(24-17)14-4-1-2-5-15(14)19(25)26/h1-6,8-10,12-13,18,24H,7H2,(H,25,26)/t12-,13+,18+/m0/s1. The molecule has 1 aliphatic carbocycles. The molecule has 0 bridgehead atoms. The summed E-state index contributed by atoms with van der Waals surface area (Å²) in [6.07, 6.45) is 0.190. The van der Waals surface area contributed by atoms with E-state index in [1.807, 2.05) is 12.2 Å². The normalized spacial score (nSPS) is 23.9. The maximum Gasteiger partial charge on any atom is 0.416 e. The van der Waals surface area contributed by atoms with Crippen molar-refractivity contribution in [2.45, 2.75) is 24.6 Å². The topological polar surface area (TPSA) is 49.3 Å². The molecule has 0 fully saturated rings. The number of carboxylic acid groups (broad SMARTS) is 1. The quantitative estimate of drug-likeness (QED) is 0.722. The molecule has 3 atom stereocenters. The fraction of sp³-hybridized carbons (Fsp3) is 0.250. The zero-order valence-corrected chi connectivity index (χ0v) is 13.6. The average molecular weight is 359 g/mol. The number of carbonyl (C=O) groups is 1. The fourth-order valence-electron chi connectivity index (χ4n) is 4.04. The van der Waals surface area contributed by atoms with Crippen molar-refractivity contribution >= 4 is 11.7 Å². The van der Waals surface area contributed by atoms with Gasteiger partial charge in [-0.05, 0) is 47.7 Å². The first-order valence-electron chi connectivity index (χ1n) is 8.33. The molecule has 2 aromatic rings. The third-order valence-corrected chi connectivity index (χ3v) is 5.22. The van der Waals surface area contributed by atoms with Gasteiger partial charge in [-0.1, -0.05) is 30.4 Å². The summed E-state index contributed by atoms with van der Waals surface area (Å²) in [5.41, 5.74) is 1.44. The van der Waals surface area contributed by atoms with Gasteiger partial charge in [0.2, 0.25) is 0 Å². The van der Waals surface area contributed by atoms with Gasteiger partial charge in [0.25, 0.3) is 0 Å². The molecule has 0 amide bonds. The summed E-state index contributed by atoms with van der Waals surface area (Å²) in [5.74, 6) is -1.20. The molecule has 26 heavy (non-hydrogen) atoms. The van der Waals surface area contributed by atoms with E-state index in [4.69, 9.17) is 0 Å². The number of fused-ring (bicyclic) bond motifs is 3. The van der Waals surface area contributed by atoms with Crippen molar-refractivity contribution in [2.24, 2.45) is 5.92 Å². The summed E-state index contributed by atoms with van der Waals surface area (Å²) in [4.78, 5) is 11.6. The number of anilines is 1. The second kappa shape index (κ2) is 5.90. The Balaban J connectivity index is 1.80. The van der Waals surface area contributed by atoms with E-state index >= 15 is 0 Å². The highest BCUT2D eigenvalue weighted by atomic mass is 19.4. The summed E-state index contributed by atoms with van der Waals surface area (Å²) in [6, 6.07) is 10.2. The van der Waals surface area contributed by atoms with Gasteiger partial charge in [-0.3, -0.25) is 0 Å². The summed E-state index contributed by atoms with van der Waals surface area (Å²) in [6.45, 7) is 0. The number of nitrogens with one attached hydrogen (secondary N) is 1. The number of alkyl halides is 3. The molecular formula is C20H16F3NO2. The van der Waals surface area contributed by atoms with Crippen molar-refractivity contribution in [3.8, 4) is 0 Å². The Morgan fingerprint density at radius 3 is 2.62 bits per heavy atom. The number of allylic oxidation sites excluding steroid dienone is 2. The minimum absolute atomic E-state index is 0.0218. The molecular weight excluding hydrogens is 343 g/mol. The van der Waals surface area contributed by atoms with Crippen LogP contribution in [0.25, 0.3) is 0 Å². The van der Waals surface area contributed by atoms with E-state index in [-0.39, 0.29) is 23.4 Å². The molecule has 0 unspecified atom stereocenters. The molecule has 0 spiro atoms. The van der Waals surface area contributed by atoms with E-state index in [1.165, 1.54) is 12.1 Å². The Morgan fingerprint density at radius 2 is 1.88 bits per heavy atom. The maximum absolute atomic E-state index is 13.1. The zero-order chi connectivity index (χ0) is 18.5. The van der Waals surface area contributed by atoms with Gasteiger partial charge >= 0.3 is 12.1 Å². The molecule has 2 aromatic carbocycles. The van der Waals surface area contributed by atoms with Crippen LogP contribution in [0.2, 0.25) is 0 Å². The first-order valence-corrected chi connectivity index (χ1v) is 8.33. The third-order valence-electron chi connectivity index (χ3n) is 5.22. The van der Waals surface area contributed by atoms with Crippen LogP contribution in [0.15, 0.2) is 54.6 Å². The van der Waals surface area contributed by atoms with Crippen LogP contribution in [0, 0.1) is 5.92 Å². The molecule has 1 aliphatic heterocycles. The van der Waals surface area contributed by atoms with Crippen molar-refractivity contribution in [3.63, 3.8) is 0 Å². The predicted octanol–water partition coefficient (Wildman–Crippen LogP) is 5.23. The number of halogens is 3. The minimum Gasteiger partial charge on any atom is -0.478 e. The highest BCUT2D eigenvalue weighted by molar-refractivity contribution is 5.89. The molecule has 0 aromatic heterocycles. The van der Waals surface area contributed by atoms with Crippen LogP contribution in [-0.4, -0.2) is 11.1 Å². The molecule has 0 radical (unpaired) electrons. The third kappa shape index (κ3) is 2.66. The van der Waals surface area contributed by atoms with Gasteiger partial charge in [0.1, 0.15) is 0 Å². The van der Waals surface area contributed by atoms with Gasteiger partial charge in [-0.15, -0.1) is 0 Å². The number of rotatable bonds is 2. The highest BCUT2D eigenvalue weighted by Gasteiger charge is 2.40. The summed E-state index contributed by atoms with van der Waals surface area (Å²) in [5, 5.41) is 12.8. The smallest absolute Gasteiger partial charge is 0.416 e. The van der Waals surface area contributed by atoms with Crippen molar-refractivity contribution in [3.05, 3.63) is 76.9 Å². The van der Waals surface area contributed by atoms with Crippen LogP contribution in [0.5, 0.6) is 0 Å². The van der Waals surface area contributed by atoms with Crippen LogP contribution in [0.4, 0.5) is 18.9 Å². The molecule has 4 rings (SSSR count). The van der Waals surface area contributed by atoms with Crippen LogP contribution < -0.4 is 5.32 Å². The predicted molar refractivity (Wildman–Crippen MR) is 91.2 cm³/mol. The second-order valence-corrected chi connectivity index (χ2v) is 6.67. The first kappa shape index (κ1) is 16.7. The van der Waals surface area contributed by atoms with Crippen LogP contribution >= 0.6 is 0 Å². The van der Waals surface area contributed by atoms with E-state index in [1.54, 1.807) is 24.3 Å². The molecule has 3 nitrogen and oxygen atoms in total. The Kier molecular flexibility index (Phi) is 3.79. The van der Waals surface area contributed by atoms with Gasteiger partial charge < -0.3 is 10.4 Å². The van der Waals surface area contributed by atoms with Crippen LogP contribution in [-0.2, 0) is 6.18 Å². The largest absolute Gasteiger partial charge is 0.478 e. The zero-order valence-electron chi connectivity index (χ0n) is 13.6. The molecule has 134 valence electrons. The lowest BCUT2D eigenvalue weighted by Crippen LogP contribution is -2.30. The van der Waals surface area contributed by atoms with E-state index in [0.29, 0.717) is 23.2 Å². The maximum atomic E-state index is 13.1. The van der Waals surface area contributed by atoms with Crippen molar-refractivity contribution in [2.75, 3.05) is 5.32 Å². The van der Waals surface area contributed by atoms with E-state index < -0.39 is 17.7 Å². The van der Waals surface area contributed by atoms with Gasteiger partial charge in [-0.25, -0.2) is 4.79 Å². The minimum atomic E-state index is -4.39. The Morgan fingerprint density at radius 1 is 1.12 bits per heavy atom. The number of aromatic carboxylic acids is 1. The van der Waals surface area contributed by atoms with Gasteiger partial charge in [-0.2, -0.15) is 13.2 Å². The number of benzene rings is 2. The molecule has 0 saturated carbocycles. The molecule has 0 saturated heterocycles. The van der Waals surface area contributed by atoms with Crippen LogP contribution in [0.1, 0.15) is 45.4 Å². The van der Waals surface area contributed by atoms with E-state index in [2.05, 4.69) is 5.32 Å². The van der Waals surface area contributed by atoms with Gasteiger partial charge in [0, 0.05) is 11.6 Å². The van der Waals surface area contributed by atoms with E-state index in [0.717, 1.165) is 6.07 Å². The molecule has 2 aliphatic rings. The molecule has 6 heteroatoms. The second-order valence-electron chi connectivity index (χ2n) is 6.67. The van der Waals surface area contributed by atoms with Crippen molar-refractivity contribution in [1.29, 1.82) is 0 Å². The Labute approximate surface area is 148 Å². The summed E-state index contributed by atoms with van der Waals surface area (Å²) < 4.78 is 39.2. The van der Waals surface area contributed by atoms with Gasteiger partial charge in [0.15, 0.2) is 0 Å². The number of hydrogen-bond acceptors (Lipinski definition) is 2. The lowest BCUT2D eigenvalue weighted by atomic mass is 9.76. The highest BCUT2D eigenvalue weighted by Crippen LogP contribution is 2.51. The number of hydrogen-bond donors (Lipinski definition) is 2. The lowest BCUT2D eigenvalue weighted by molar-refractivity contribution is -0.137. The Bertz CT molecular complexity index is 904. The average Bonchev–Trinajstić information content (AvgIpc) is 3.09.